The predicted molar refractivity (Wildman–Crippen MR) is 120 cm³/mol. The highest BCUT2D eigenvalue weighted by molar-refractivity contribution is 6.32. The van der Waals surface area contributed by atoms with Crippen LogP contribution in [0.4, 0.5) is 0 Å². The fourth-order valence-electron chi connectivity index (χ4n) is 2.53. The van der Waals surface area contributed by atoms with Crippen molar-refractivity contribution in [3.63, 3.8) is 0 Å². The molecule has 32 heavy (non-hydrogen) atoms. The first-order valence-corrected chi connectivity index (χ1v) is 9.57. The summed E-state index contributed by atoms with van der Waals surface area (Å²) in [5.74, 6) is 2.93. The Hall–Kier alpha value is -3.90. The van der Waals surface area contributed by atoms with Crippen LogP contribution in [0.15, 0.2) is 35.4 Å². The lowest BCUT2D eigenvalue weighted by Crippen LogP contribution is -2.34. The van der Waals surface area contributed by atoms with Crippen molar-refractivity contribution in [2.24, 2.45) is 5.10 Å². The van der Waals surface area contributed by atoms with Gasteiger partial charge in [-0.05, 0) is 35.9 Å². The molecule has 0 atom stereocenters. The zero-order chi connectivity index (χ0) is 23.5. The standard InChI is InChI=1S/C22H22ClN3O6/c1-5-8-32-21-16(23)9-14(10-19(21)31-4)12-25-26-20(27)13-24-22(28)15-6-7-17(29-2)18(11-15)30-3/h1,6-7,9-12H,8,13H2,2-4H3,(H,24,28)(H,26,27). The fraction of sp³-hybridized carbons (Fsp3) is 0.227. The lowest BCUT2D eigenvalue weighted by molar-refractivity contribution is -0.120. The van der Waals surface area contributed by atoms with Gasteiger partial charge in [0.05, 0.1) is 39.1 Å². The van der Waals surface area contributed by atoms with Crippen molar-refractivity contribution < 1.29 is 28.5 Å². The van der Waals surface area contributed by atoms with Crippen molar-refractivity contribution >= 4 is 29.6 Å². The van der Waals surface area contributed by atoms with Crippen LogP contribution in [-0.2, 0) is 4.79 Å². The van der Waals surface area contributed by atoms with Gasteiger partial charge in [-0.2, -0.15) is 5.10 Å². The summed E-state index contributed by atoms with van der Waals surface area (Å²) in [6.45, 7) is -0.248. The molecule has 10 heteroatoms. The van der Waals surface area contributed by atoms with Gasteiger partial charge in [0, 0.05) is 5.56 Å². The molecule has 2 rings (SSSR count). The number of nitrogens with zero attached hydrogens (tertiary/aromatic N) is 1. The van der Waals surface area contributed by atoms with E-state index in [2.05, 4.69) is 21.8 Å². The monoisotopic (exact) mass is 459 g/mol. The Bertz CT molecular complexity index is 1050. The molecule has 0 saturated heterocycles. The molecule has 2 N–H and O–H groups in total. The molecule has 0 aromatic heterocycles. The predicted octanol–water partition coefficient (Wildman–Crippen LogP) is 2.26. The molecule has 0 saturated carbocycles. The Kier molecular flexibility index (Phi) is 9.20. The highest BCUT2D eigenvalue weighted by Gasteiger charge is 2.13. The summed E-state index contributed by atoms with van der Waals surface area (Å²) >= 11 is 6.19. The quantitative estimate of drug-likeness (QED) is 0.320. The number of halogens is 1. The molecule has 0 fully saturated rings. The number of benzene rings is 2. The molecule has 0 heterocycles. The molecule has 168 valence electrons. The number of nitrogens with one attached hydrogen (secondary N) is 2. The minimum absolute atomic E-state index is 0.0363. The van der Waals surface area contributed by atoms with Crippen LogP contribution in [0.2, 0.25) is 5.02 Å². The van der Waals surface area contributed by atoms with Gasteiger partial charge in [-0.25, -0.2) is 5.43 Å². The maximum atomic E-state index is 12.2. The number of methoxy groups -OCH3 is 3. The van der Waals surface area contributed by atoms with Crippen LogP contribution in [0, 0.1) is 12.3 Å². The van der Waals surface area contributed by atoms with Crippen LogP contribution in [0.25, 0.3) is 0 Å². The average Bonchev–Trinajstić information content (AvgIpc) is 2.80. The van der Waals surface area contributed by atoms with E-state index in [9.17, 15) is 9.59 Å². The topological polar surface area (TPSA) is 107 Å². The Labute approximate surface area is 190 Å². The van der Waals surface area contributed by atoms with E-state index in [0.717, 1.165) is 0 Å². The maximum Gasteiger partial charge on any atom is 0.259 e. The zero-order valence-corrected chi connectivity index (χ0v) is 18.5. The van der Waals surface area contributed by atoms with E-state index in [0.29, 0.717) is 34.1 Å². The summed E-state index contributed by atoms with van der Waals surface area (Å²) in [4.78, 5) is 24.2. The summed E-state index contributed by atoms with van der Waals surface area (Å²) in [5, 5.41) is 6.62. The lowest BCUT2D eigenvalue weighted by Gasteiger charge is -2.11. The van der Waals surface area contributed by atoms with E-state index in [1.54, 1.807) is 24.3 Å². The smallest absolute Gasteiger partial charge is 0.259 e. The van der Waals surface area contributed by atoms with Crippen LogP contribution >= 0.6 is 11.6 Å². The molecule has 9 nitrogen and oxygen atoms in total. The van der Waals surface area contributed by atoms with E-state index in [4.69, 9.17) is 37.0 Å². The molecule has 0 radical (unpaired) electrons. The third-order valence-corrected chi connectivity index (χ3v) is 4.29. The zero-order valence-electron chi connectivity index (χ0n) is 17.7. The molecular formula is C22H22ClN3O6. The number of amides is 2. The number of terminal acetylenes is 1. The van der Waals surface area contributed by atoms with Gasteiger partial charge in [-0.1, -0.05) is 17.5 Å². The summed E-state index contributed by atoms with van der Waals surface area (Å²) in [6, 6.07) is 7.86. The van der Waals surface area contributed by atoms with Gasteiger partial charge < -0.3 is 24.3 Å². The van der Waals surface area contributed by atoms with E-state index in [1.807, 2.05) is 0 Å². The molecule has 2 aromatic carbocycles. The lowest BCUT2D eigenvalue weighted by atomic mass is 10.2. The van der Waals surface area contributed by atoms with Gasteiger partial charge in [-0.15, -0.1) is 6.42 Å². The summed E-state index contributed by atoms with van der Waals surface area (Å²) in [5.41, 5.74) is 3.18. The Morgan fingerprint density at radius 3 is 2.47 bits per heavy atom. The van der Waals surface area contributed by atoms with E-state index >= 15 is 0 Å². The number of hydrazone groups is 1. The normalized spacial score (nSPS) is 10.2. The molecule has 2 amide bonds. The number of ether oxygens (including phenoxy) is 4. The van der Waals surface area contributed by atoms with Crippen LogP contribution in [0.1, 0.15) is 15.9 Å². The first-order chi connectivity index (χ1) is 15.4. The second kappa shape index (κ2) is 12.1. The van der Waals surface area contributed by atoms with Crippen molar-refractivity contribution in [3.8, 4) is 35.3 Å². The minimum atomic E-state index is -0.526. The third-order valence-electron chi connectivity index (χ3n) is 4.01. The molecule has 0 spiro atoms. The Balaban J connectivity index is 1.93. The number of hydrogen-bond donors (Lipinski definition) is 2. The second-order valence-corrected chi connectivity index (χ2v) is 6.48. The molecular weight excluding hydrogens is 438 g/mol. The maximum absolute atomic E-state index is 12.2. The minimum Gasteiger partial charge on any atom is -0.493 e. The fourth-order valence-corrected chi connectivity index (χ4v) is 2.80. The number of carbonyl (C=O) groups excluding carboxylic acids is 2. The van der Waals surface area contributed by atoms with Crippen molar-refractivity contribution in [2.45, 2.75) is 0 Å². The van der Waals surface area contributed by atoms with Crippen molar-refractivity contribution in [2.75, 3.05) is 34.5 Å². The van der Waals surface area contributed by atoms with Crippen molar-refractivity contribution in [1.82, 2.24) is 10.7 Å². The van der Waals surface area contributed by atoms with Gasteiger partial charge in [0.2, 0.25) is 0 Å². The highest BCUT2D eigenvalue weighted by atomic mass is 35.5. The number of hydrogen-bond acceptors (Lipinski definition) is 7. The number of carbonyl (C=O) groups is 2. The molecule has 0 aliphatic heterocycles. The largest absolute Gasteiger partial charge is 0.493 e. The summed E-state index contributed by atoms with van der Waals surface area (Å²) < 4.78 is 20.9. The van der Waals surface area contributed by atoms with Crippen LogP contribution in [-0.4, -0.2) is 52.5 Å². The molecule has 0 aliphatic carbocycles. The van der Waals surface area contributed by atoms with Crippen molar-refractivity contribution in [3.05, 3.63) is 46.5 Å². The molecule has 0 bridgehead atoms. The van der Waals surface area contributed by atoms with Gasteiger partial charge in [0.1, 0.15) is 6.61 Å². The second-order valence-electron chi connectivity index (χ2n) is 6.07. The first-order valence-electron chi connectivity index (χ1n) is 9.19. The van der Waals surface area contributed by atoms with Crippen LogP contribution < -0.4 is 29.7 Å². The van der Waals surface area contributed by atoms with Crippen molar-refractivity contribution in [1.29, 1.82) is 0 Å². The average molecular weight is 460 g/mol. The van der Waals surface area contributed by atoms with Crippen LogP contribution in [0.3, 0.4) is 0 Å². The molecule has 0 aliphatic rings. The first kappa shape index (κ1) is 24.4. The third kappa shape index (κ3) is 6.55. The van der Waals surface area contributed by atoms with E-state index in [-0.39, 0.29) is 18.2 Å². The van der Waals surface area contributed by atoms with Gasteiger partial charge in [0.15, 0.2) is 23.0 Å². The van der Waals surface area contributed by atoms with Gasteiger partial charge in [-0.3, -0.25) is 9.59 Å². The molecule has 2 aromatic rings. The Morgan fingerprint density at radius 1 is 1.09 bits per heavy atom. The summed E-state index contributed by atoms with van der Waals surface area (Å²) in [7, 11) is 4.41. The van der Waals surface area contributed by atoms with Gasteiger partial charge in [0.25, 0.3) is 11.8 Å². The van der Waals surface area contributed by atoms with Gasteiger partial charge >= 0.3 is 0 Å². The molecule has 0 unspecified atom stereocenters. The van der Waals surface area contributed by atoms with Crippen LogP contribution in [0.5, 0.6) is 23.0 Å². The summed E-state index contributed by atoms with van der Waals surface area (Å²) in [6.07, 6.45) is 6.55. The van der Waals surface area contributed by atoms with E-state index < -0.39 is 11.8 Å². The number of rotatable bonds is 10. The highest BCUT2D eigenvalue weighted by Crippen LogP contribution is 2.36. The SMILES string of the molecule is C#CCOc1c(Cl)cc(C=NNC(=O)CNC(=O)c2ccc(OC)c(OC)c2)cc1OC. The van der Waals surface area contributed by atoms with E-state index in [1.165, 1.54) is 33.6 Å². The Morgan fingerprint density at radius 2 is 1.81 bits per heavy atom.